The largest absolute Gasteiger partial charge is 0.412 e. The van der Waals surface area contributed by atoms with E-state index < -0.39 is 0 Å². The van der Waals surface area contributed by atoms with Crippen LogP contribution in [0, 0.1) is 5.92 Å². The zero-order chi connectivity index (χ0) is 11.6. The first-order chi connectivity index (χ1) is 7.79. The molecule has 1 rings (SSSR count). The van der Waals surface area contributed by atoms with Gasteiger partial charge in [-0.1, -0.05) is 57.8 Å². The Labute approximate surface area is 122 Å². The number of primary amides is 1. The maximum absolute atomic E-state index is 11.0. The molecule has 10 N–H and O–H groups in total. The summed E-state index contributed by atoms with van der Waals surface area (Å²) < 4.78 is 0. The van der Waals surface area contributed by atoms with E-state index >= 15 is 0 Å². The highest BCUT2D eigenvalue weighted by Gasteiger charge is 2.11. The van der Waals surface area contributed by atoms with Gasteiger partial charge in [-0.2, -0.15) is 0 Å². The van der Waals surface area contributed by atoms with Crippen molar-refractivity contribution in [2.45, 2.75) is 77.0 Å². The monoisotopic (exact) mass is 297 g/mol. The van der Waals surface area contributed by atoms with Crippen LogP contribution < -0.4 is 5.73 Å². The Bertz CT molecular complexity index is 190. The van der Waals surface area contributed by atoms with Crippen LogP contribution in [0.25, 0.3) is 0 Å². The second-order valence-corrected chi connectivity index (χ2v) is 5.30. The summed E-state index contributed by atoms with van der Waals surface area (Å²) in [5, 5.41) is 0. The summed E-state index contributed by atoms with van der Waals surface area (Å²) >= 11 is 0. The molecule has 0 saturated heterocycles. The van der Waals surface area contributed by atoms with Gasteiger partial charge < -0.3 is 27.6 Å². The van der Waals surface area contributed by atoms with Crippen LogP contribution in [-0.4, -0.2) is 27.8 Å². The van der Waals surface area contributed by atoms with E-state index in [4.69, 9.17) is 5.73 Å². The lowest BCUT2D eigenvalue weighted by Gasteiger charge is -2.16. The quantitative estimate of drug-likeness (QED) is 0.768. The lowest BCUT2D eigenvalue weighted by atomic mass is 9.90. The van der Waals surface area contributed by atoms with E-state index in [1.165, 1.54) is 70.6 Å². The highest BCUT2D eigenvalue weighted by molar-refractivity contribution is 5.73. The van der Waals surface area contributed by atoms with Crippen molar-refractivity contribution < 1.29 is 26.7 Å². The molecule has 1 amide bonds. The zero-order valence-electron chi connectivity index (χ0n) is 12.5. The fourth-order valence-electron chi connectivity index (χ4n) is 2.74. The van der Waals surface area contributed by atoms with Crippen molar-refractivity contribution in [3.8, 4) is 0 Å². The minimum atomic E-state index is -0.114. The van der Waals surface area contributed by atoms with Crippen LogP contribution in [0.1, 0.15) is 77.0 Å². The Hall–Kier alpha value is -0.690. The van der Waals surface area contributed by atoms with Crippen molar-refractivity contribution in [1.29, 1.82) is 0 Å². The van der Waals surface area contributed by atoms with Crippen molar-refractivity contribution in [1.82, 2.24) is 0 Å². The molecule has 1 saturated carbocycles. The van der Waals surface area contributed by atoms with Crippen LogP contribution in [0.3, 0.4) is 0 Å². The van der Waals surface area contributed by atoms with E-state index in [0.717, 1.165) is 0 Å². The Balaban J connectivity index is -0.000000320. The number of amides is 1. The highest BCUT2D eigenvalue weighted by Crippen LogP contribution is 2.23. The van der Waals surface area contributed by atoms with Crippen LogP contribution >= 0.6 is 0 Å². The average molecular weight is 297 g/mol. The van der Waals surface area contributed by atoms with Crippen molar-refractivity contribution in [3.05, 3.63) is 0 Å². The fraction of sp³-hybridized carbons (Fsp3) is 0.929. The third-order valence-corrected chi connectivity index (χ3v) is 3.71. The predicted molar refractivity (Wildman–Crippen MR) is 82.5 cm³/mol. The van der Waals surface area contributed by atoms with E-state index in [1.54, 1.807) is 0 Å². The van der Waals surface area contributed by atoms with Gasteiger partial charge in [0.15, 0.2) is 0 Å². The van der Waals surface area contributed by atoms with Gasteiger partial charge in [0.25, 0.3) is 0 Å². The summed E-state index contributed by atoms with van der Waals surface area (Å²) in [7, 11) is 0. The second kappa shape index (κ2) is 18.3. The van der Waals surface area contributed by atoms with Crippen LogP contribution in [0.15, 0.2) is 0 Å². The van der Waals surface area contributed by atoms with Crippen molar-refractivity contribution in [2.75, 3.05) is 0 Å². The van der Waals surface area contributed by atoms with Crippen molar-refractivity contribution in [3.63, 3.8) is 0 Å². The fourth-order valence-corrected chi connectivity index (χ4v) is 2.74. The van der Waals surface area contributed by atoms with Crippen LogP contribution in [0.4, 0.5) is 0 Å². The van der Waals surface area contributed by atoms with Gasteiger partial charge in [0.05, 0.1) is 0 Å². The number of hydrogen-bond acceptors (Lipinski definition) is 1. The van der Waals surface area contributed by atoms with E-state index in [9.17, 15) is 4.79 Å². The second-order valence-electron chi connectivity index (χ2n) is 5.30. The van der Waals surface area contributed by atoms with Crippen LogP contribution in [0.5, 0.6) is 0 Å². The minimum absolute atomic E-state index is 0. The Morgan fingerprint density at radius 2 is 1.00 bits per heavy atom. The molecular formula is C14H35NO5. The molecule has 0 aliphatic heterocycles. The molecular weight excluding hydrogens is 262 g/mol. The maximum atomic E-state index is 11.0. The molecule has 126 valence electrons. The van der Waals surface area contributed by atoms with E-state index in [0.29, 0.717) is 12.3 Å². The Kier molecular flexibility index (Phi) is 25.3. The smallest absolute Gasteiger partial charge is 0.217 e. The van der Waals surface area contributed by atoms with Gasteiger partial charge in [0.1, 0.15) is 0 Å². The Morgan fingerprint density at radius 1 is 0.700 bits per heavy atom. The van der Waals surface area contributed by atoms with Gasteiger partial charge in [-0.25, -0.2) is 0 Å². The van der Waals surface area contributed by atoms with Gasteiger partial charge in [-0.3, -0.25) is 4.79 Å². The highest BCUT2D eigenvalue weighted by atomic mass is 16.1. The summed E-state index contributed by atoms with van der Waals surface area (Å²) in [6.45, 7) is 0. The number of hydrogen-bond donors (Lipinski definition) is 1. The molecule has 0 bridgehead atoms. The molecule has 6 heteroatoms. The minimum Gasteiger partial charge on any atom is -0.412 e. The number of carbonyl (C=O) groups excluding carboxylic acids is 1. The first-order valence-electron chi connectivity index (χ1n) is 7.07. The van der Waals surface area contributed by atoms with Crippen LogP contribution in [0.2, 0.25) is 0 Å². The summed E-state index contributed by atoms with van der Waals surface area (Å²) in [6, 6.07) is 0. The predicted octanol–water partition coefficient (Wildman–Crippen LogP) is 0.484. The van der Waals surface area contributed by atoms with Crippen LogP contribution in [-0.2, 0) is 4.79 Å². The molecule has 0 aromatic heterocycles. The molecule has 0 spiro atoms. The van der Waals surface area contributed by atoms with Crippen molar-refractivity contribution in [2.24, 2.45) is 11.7 Å². The molecule has 6 nitrogen and oxygen atoms in total. The Morgan fingerprint density at radius 3 is 1.30 bits per heavy atom. The normalized spacial score (nSPS) is 17.6. The number of nitrogens with two attached hydrogens (primary N) is 1. The molecule has 0 heterocycles. The van der Waals surface area contributed by atoms with Gasteiger partial charge in [-0.05, 0) is 18.8 Å². The summed E-state index contributed by atoms with van der Waals surface area (Å²) in [4.78, 5) is 11.0. The summed E-state index contributed by atoms with van der Waals surface area (Å²) in [5.74, 6) is 0.453. The molecule has 0 unspecified atom stereocenters. The molecule has 1 fully saturated rings. The first kappa shape index (κ1) is 27.6. The molecule has 0 aromatic carbocycles. The SMILES string of the molecule is NC(=O)CC1CCCCCCCCCCC1.O.O.O.O. The molecule has 1 aliphatic rings. The molecule has 0 atom stereocenters. The molecule has 1 aliphatic carbocycles. The van der Waals surface area contributed by atoms with E-state index in [1.807, 2.05) is 0 Å². The lowest BCUT2D eigenvalue weighted by Crippen LogP contribution is -2.16. The van der Waals surface area contributed by atoms with Gasteiger partial charge >= 0.3 is 0 Å². The standard InChI is InChI=1S/C14H27NO.4H2O/c15-14(16)12-13-10-8-6-4-2-1-3-5-7-9-11-13;;;;/h13H,1-12H2,(H2,15,16);4*1H2. The number of carbonyl (C=O) groups is 1. The number of rotatable bonds is 2. The molecule has 20 heavy (non-hydrogen) atoms. The average Bonchev–Trinajstić information content (AvgIpc) is 2.21. The summed E-state index contributed by atoms with van der Waals surface area (Å²) in [5.41, 5.74) is 5.30. The maximum Gasteiger partial charge on any atom is 0.217 e. The zero-order valence-corrected chi connectivity index (χ0v) is 12.5. The van der Waals surface area contributed by atoms with Gasteiger partial charge in [0.2, 0.25) is 5.91 Å². The molecule has 0 radical (unpaired) electrons. The first-order valence-corrected chi connectivity index (χ1v) is 7.07. The van der Waals surface area contributed by atoms with Gasteiger partial charge in [0, 0.05) is 6.42 Å². The van der Waals surface area contributed by atoms with Gasteiger partial charge in [-0.15, -0.1) is 0 Å². The van der Waals surface area contributed by atoms with Crippen molar-refractivity contribution >= 4 is 5.91 Å². The molecule has 0 aromatic rings. The van der Waals surface area contributed by atoms with E-state index in [2.05, 4.69) is 0 Å². The lowest BCUT2D eigenvalue weighted by molar-refractivity contribution is -0.119. The third kappa shape index (κ3) is 15.4. The summed E-state index contributed by atoms with van der Waals surface area (Å²) in [6.07, 6.45) is 15.3. The topological polar surface area (TPSA) is 169 Å². The van der Waals surface area contributed by atoms with E-state index in [-0.39, 0.29) is 27.8 Å². The third-order valence-electron chi connectivity index (χ3n) is 3.71.